The van der Waals surface area contributed by atoms with Crippen LogP contribution < -0.4 is 0 Å². The lowest BCUT2D eigenvalue weighted by atomic mass is 9.85. The fourth-order valence-corrected chi connectivity index (χ4v) is 5.64. The molecular weight excluding hydrogens is 476 g/mol. The van der Waals surface area contributed by atoms with Crippen molar-refractivity contribution in [1.29, 1.82) is 0 Å². The van der Waals surface area contributed by atoms with Crippen LogP contribution in [0.3, 0.4) is 0 Å². The van der Waals surface area contributed by atoms with Crippen molar-refractivity contribution < 1.29 is 9.47 Å². The molecule has 0 aliphatic rings. The smallest absolute Gasteiger partial charge is 0.0683 e. The molecule has 2 heteroatoms. The van der Waals surface area contributed by atoms with Crippen LogP contribution in [0.2, 0.25) is 0 Å². The second-order valence-electron chi connectivity index (χ2n) is 12.1. The van der Waals surface area contributed by atoms with Crippen molar-refractivity contribution in [2.75, 3.05) is 20.3 Å². The normalized spacial score (nSPS) is 12.6. The van der Waals surface area contributed by atoms with Gasteiger partial charge in [-0.25, -0.2) is 0 Å². The molecular formula is C37H76O2. The topological polar surface area (TPSA) is 18.5 Å². The highest BCUT2D eigenvalue weighted by molar-refractivity contribution is 4.81. The minimum Gasteiger partial charge on any atom is -0.385 e. The first kappa shape index (κ1) is 40.8. The van der Waals surface area contributed by atoms with Gasteiger partial charge in [0.2, 0.25) is 0 Å². The second-order valence-corrected chi connectivity index (χ2v) is 12.1. The first-order valence-electron chi connectivity index (χ1n) is 17.9. The number of allylic oxidation sites excluding steroid dienone is 1. The molecule has 0 aliphatic heterocycles. The van der Waals surface area contributed by atoms with Crippen LogP contribution in [-0.4, -0.2) is 25.9 Å². The number of hydrogen-bond acceptors (Lipinski definition) is 2. The molecule has 0 bridgehead atoms. The highest BCUT2D eigenvalue weighted by Gasteiger charge is 2.29. The summed E-state index contributed by atoms with van der Waals surface area (Å²) in [4.78, 5) is 0. The van der Waals surface area contributed by atoms with E-state index in [1.54, 1.807) is 6.08 Å². The number of methoxy groups -OCH3 is 1. The molecule has 0 heterocycles. The highest BCUT2D eigenvalue weighted by Crippen LogP contribution is 2.32. The van der Waals surface area contributed by atoms with Gasteiger partial charge in [0.05, 0.1) is 5.60 Å². The van der Waals surface area contributed by atoms with Crippen molar-refractivity contribution in [1.82, 2.24) is 0 Å². The fourth-order valence-electron chi connectivity index (χ4n) is 5.64. The number of hydrogen-bond donors (Lipinski definition) is 0. The minimum absolute atomic E-state index is 0.102. The van der Waals surface area contributed by atoms with Gasteiger partial charge < -0.3 is 9.47 Å². The Morgan fingerprint density at radius 3 is 1.13 bits per heavy atom. The van der Waals surface area contributed by atoms with Crippen LogP contribution >= 0.6 is 0 Å². The van der Waals surface area contributed by atoms with Gasteiger partial charge in [-0.1, -0.05) is 168 Å². The Kier molecular flexibility index (Phi) is 37.3. The molecule has 0 radical (unpaired) electrons. The Balaban J connectivity index is 0. The zero-order valence-corrected chi connectivity index (χ0v) is 28.1. The van der Waals surface area contributed by atoms with Crippen molar-refractivity contribution in [3.05, 3.63) is 12.7 Å². The van der Waals surface area contributed by atoms with E-state index >= 15 is 0 Å². The SMILES string of the molecule is C=CC.CCCCCCCCCCOC(CCCCCCCCC)(CCCCCCCCCC)CCCOC. The molecule has 0 fully saturated rings. The molecule has 236 valence electrons. The van der Waals surface area contributed by atoms with Crippen LogP contribution in [0.1, 0.15) is 201 Å². The number of ether oxygens (including phenoxy) is 2. The van der Waals surface area contributed by atoms with Crippen molar-refractivity contribution in [3.8, 4) is 0 Å². The van der Waals surface area contributed by atoms with E-state index in [1.807, 2.05) is 14.0 Å². The molecule has 0 aromatic rings. The monoisotopic (exact) mass is 553 g/mol. The summed E-state index contributed by atoms with van der Waals surface area (Å²) in [6.07, 6.45) is 38.5. The van der Waals surface area contributed by atoms with E-state index in [1.165, 1.54) is 167 Å². The van der Waals surface area contributed by atoms with E-state index in [9.17, 15) is 0 Å². The van der Waals surface area contributed by atoms with Gasteiger partial charge in [0.25, 0.3) is 0 Å². The van der Waals surface area contributed by atoms with Gasteiger partial charge >= 0.3 is 0 Å². The van der Waals surface area contributed by atoms with Crippen LogP contribution in [0.5, 0.6) is 0 Å². The molecule has 0 aromatic heterocycles. The predicted octanol–water partition coefficient (Wildman–Crippen LogP) is 13.2. The zero-order valence-electron chi connectivity index (χ0n) is 28.1. The van der Waals surface area contributed by atoms with Crippen LogP contribution in [0.15, 0.2) is 12.7 Å². The molecule has 2 nitrogen and oxygen atoms in total. The summed E-state index contributed by atoms with van der Waals surface area (Å²) in [6.45, 7) is 14.0. The maximum absolute atomic E-state index is 6.87. The minimum atomic E-state index is 0.102. The van der Waals surface area contributed by atoms with Gasteiger partial charge in [-0.3, -0.25) is 0 Å². The average molecular weight is 553 g/mol. The Morgan fingerprint density at radius 1 is 0.462 bits per heavy atom. The molecule has 0 saturated carbocycles. The van der Waals surface area contributed by atoms with Gasteiger partial charge in [-0.05, 0) is 39.0 Å². The summed E-state index contributed by atoms with van der Waals surface area (Å²) in [6, 6.07) is 0. The van der Waals surface area contributed by atoms with Crippen LogP contribution in [0, 0.1) is 0 Å². The first-order chi connectivity index (χ1) is 19.2. The molecule has 0 amide bonds. The second kappa shape index (κ2) is 35.7. The van der Waals surface area contributed by atoms with Gasteiger partial charge in [-0.15, -0.1) is 6.58 Å². The largest absolute Gasteiger partial charge is 0.385 e. The van der Waals surface area contributed by atoms with Gasteiger partial charge in [0.15, 0.2) is 0 Å². The Bertz CT molecular complexity index is 435. The lowest BCUT2D eigenvalue weighted by molar-refractivity contribution is -0.0715. The molecule has 0 aliphatic carbocycles. The molecule has 39 heavy (non-hydrogen) atoms. The first-order valence-corrected chi connectivity index (χ1v) is 17.9. The lowest BCUT2D eigenvalue weighted by Gasteiger charge is -2.35. The maximum Gasteiger partial charge on any atom is 0.0683 e. The van der Waals surface area contributed by atoms with E-state index < -0.39 is 0 Å². The van der Waals surface area contributed by atoms with Gasteiger partial charge in [-0.2, -0.15) is 0 Å². The predicted molar refractivity (Wildman–Crippen MR) is 178 cm³/mol. The van der Waals surface area contributed by atoms with Gasteiger partial charge in [0, 0.05) is 20.3 Å². The van der Waals surface area contributed by atoms with Crippen LogP contribution in [0.4, 0.5) is 0 Å². The van der Waals surface area contributed by atoms with Crippen molar-refractivity contribution in [2.45, 2.75) is 207 Å². The molecule has 0 aromatic carbocycles. The molecule has 0 saturated heterocycles. The Hall–Kier alpha value is -0.340. The summed E-state index contributed by atoms with van der Waals surface area (Å²) in [5, 5.41) is 0. The van der Waals surface area contributed by atoms with Gasteiger partial charge in [0.1, 0.15) is 0 Å². The number of rotatable bonds is 31. The molecule has 0 rings (SSSR count). The van der Waals surface area contributed by atoms with Crippen molar-refractivity contribution >= 4 is 0 Å². The fraction of sp³-hybridized carbons (Fsp3) is 0.946. The third kappa shape index (κ3) is 32.0. The standard InChI is InChI=1S/C34H70O2.C3H6/c1-5-8-11-14-17-20-23-26-30-34(31-28-32-35-4,29-25-22-19-16-13-10-7-3)36-33-27-24-21-18-15-12-9-6-2;1-3-2/h5-33H2,1-4H3;3H,1H2,2H3. The molecule has 1 unspecified atom stereocenters. The van der Waals surface area contributed by atoms with E-state index in [0.717, 1.165) is 19.6 Å². The van der Waals surface area contributed by atoms with E-state index in [0.29, 0.717) is 0 Å². The van der Waals surface area contributed by atoms with E-state index in [4.69, 9.17) is 9.47 Å². The lowest BCUT2D eigenvalue weighted by Crippen LogP contribution is -2.34. The highest BCUT2D eigenvalue weighted by atomic mass is 16.5. The van der Waals surface area contributed by atoms with Crippen LogP contribution in [-0.2, 0) is 9.47 Å². The Morgan fingerprint density at radius 2 is 0.769 bits per heavy atom. The summed E-state index contributed by atoms with van der Waals surface area (Å²) < 4.78 is 12.3. The van der Waals surface area contributed by atoms with E-state index in [-0.39, 0.29) is 5.60 Å². The third-order valence-corrected chi connectivity index (χ3v) is 8.11. The zero-order chi connectivity index (χ0) is 29.1. The summed E-state index contributed by atoms with van der Waals surface area (Å²) >= 11 is 0. The summed E-state index contributed by atoms with van der Waals surface area (Å²) in [5.74, 6) is 0. The molecule has 0 N–H and O–H groups in total. The Labute approximate surface area is 248 Å². The van der Waals surface area contributed by atoms with E-state index in [2.05, 4.69) is 27.4 Å². The van der Waals surface area contributed by atoms with Crippen LogP contribution in [0.25, 0.3) is 0 Å². The third-order valence-electron chi connectivity index (χ3n) is 8.11. The number of unbranched alkanes of at least 4 members (excludes halogenated alkanes) is 20. The average Bonchev–Trinajstić information content (AvgIpc) is 2.93. The molecule has 0 spiro atoms. The maximum atomic E-state index is 6.87. The molecule has 1 atom stereocenters. The quantitative estimate of drug-likeness (QED) is 0.0629. The van der Waals surface area contributed by atoms with Crippen molar-refractivity contribution in [3.63, 3.8) is 0 Å². The summed E-state index contributed by atoms with van der Waals surface area (Å²) in [7, 11) is 1.85. The summed E-state index contributed by atoms with van der Waals surface area (Å²) in [5.41, 5.74) is 0.102. The van der Waals surface area contributed by atoms with Crippen molar-refractivity contribution in [2.24, 2.45) is 0 Å².